The van der Waals surface area contributed by atoms with Gasteiger partial charge in [0.1, 0.15) is 0 Å². The first-order valence-electron chi connectivity index (χ1n) is 4.74. The summed E-state index contributed by atoms with van der Waals surface area (Å²) in [6.07, 6.45) is 0. The lowest BCUT2D eigenvalue weighted by Crippen LogP contribution is -1.81. The summed E-state index contributed by atoms with van der Waals surface area (Å²) in [5.74, 6) is 5.91. The molecule has 1 aromatic carbocycles. The third-order valence-electron chi connectivity index (χ3n) is 1.78. The molecule has 0 N–H and O–H groups in total. The molecule has 0 saturated carbocycles. The van der Waals surface area contributed by atoms with Gasteiger partial charge < -0.3 is 0 Å². The highest BCUT2D eigenvalue weighted by molar-refractivity contribution is 5.39. The summed E-state index contributed by atoms with van der Waals surface area (Å²) in [7, 11) is 0. The van der Waals surface area contributed by atoms with E-state index in [1.807, 2.05) is 20.8 Å². The molecule has 0 aromatic heterocycles. The van der Waals surface area contributed by atoms with Gasteiger partial charge in [0.15, 0.2) is 0 Å². The minimum Gasteiger partial charge on any atom is -0.101 e. The zero-order valence-corrected chi connectivity index (χ0v) is 9.23. The second-order valence-corrected chi connectivity index (χ2v) is 2.67. The van der Waals surface area contributed by atoms with Gasteiger partial charge in [-0.15, -0.1) is 5.92 Å². The first-order valence-corrected chi connectivity index (χ1v) is 4.74. The van der Waals surface area contributed by atoms with E-state index >= 15 is 0 Å². The van der Waals surface area contributed by atoms with E-state index in [0.717, 1.165) is 5.56 Å². The first kappa shape index (κ1) is 11.8. The van der Waals surface area contributed by atoms with E-state index in [9.17, 15) is 0 Å². The van der Waals surface area contributed by atoms with Gasteiger partial charge in [-0.3, -0.25) is 0 Å². The summed E-state index contributed by atoms with van der Waals surface area (Å²) in [6.45, 7) is 10.1. The van der Waals surface area contributed by atoms with Crippen molar-refractivity contribution in [3.05, 3.63) is 34.9 Å². The van der Waals surface area contributed by atoms with Gasteiger partial charge in [-0.25, -0.2) is 0 Å². The third kappa shape index (κ3) is 3.80. The van der Waals surface area contributed by atoms with E-state index in [4.69, 9.17) is 0 Å². The number of hydrogen-bond acceptors (Lipinski definition) is 0. The van der Waals surface area contributed by atoms with Crippen molar-refractivity contribution in [1.82, 2.24) is 0 Å². The van der Waals surface area contributed by atoms with E-state index < -0.39 is 0 Å². The molecule has 0 saturated heterocycles. The number of hydrogen-bond donors (Lipinski definition) is 0. The second-order valence-electron chi connectivity index (χ2n) is 2.67. The van der Waals surface area contributed by atoms with E-state index in [0.29, 0.717) is 0 Å². The van der Waals surface area contributed by atoms with Crippen molar-refractivity contribution >= 4 is 0 Å². The Morgan fingerprint density at radius 1 is 1.00 bits per heavy atom. The van der Waals surface area contributed by atoms with Gasteiger partial charge in [-0.1, -0.05) is 25.8 Å². The summed E-state index contributed by atoms with van der Waals surface area (Å²) in [6, 6.07) is 6.28. The van der Waals surface area contributed by atoms with Crippen molar-refractivity contribution in [3.63, 3.8) is 0 Å². The molecule has 1 aromatic rings. The van der Waals surface area contributed by atoms with Crippen LogP contribution in [0.4, 0.5) is 0 Å². The first-order chi connectivity index (χ1) is 6.24. The fourth-order valence-corrected chi connectivity index (χ4v) is 0.964. The van der Waals surface area contributed by atoms with Gasteiger partial charge in [0.2, 0.25) is 0 Å². The Kier molecular flexibility index (Phi) is 5.72. The minimum atomic E-state index is 1.11. The molecule has 0 aliphatic rings. The fourth-order valence-electron chi connectivity index (χ4n) is 0.964. The molecule has 70 valence electrons. The summed E-state index contributed by atoms with van der Waals surface area (Å²) in [5, 5.41) is 0. The van der Waals surface area contributed by atoms with Crippen molar-refractivity contribution in [2.75, 3.05) is 0 Å². The fraction of sp³-hybridized carbons (Fsp3) is 0.385. The van der Waals surface area contributed by atoms with Gasteiger partial charge in [0, 0.05) is 5.56 Å². The van der Waals surface area contributed by atoms with Crippen LogP contribution in [0.3, 0.4) is 0 Å². The highest BCUT2D eigenvalue weighted by Gasteiger charge is 1.91. The Morgan fingerprint density at radius 3 is 2.08 bits per heavy atom. The summed E-state index contributed by atoms with van der Waals surface area (Å²) in [4.78, 5) is 0. The molecule has 1 rings (SSSR count). The number of rotatable bonds is 0. The molecule has 0 unspecified atom stereocenters. The monoisotopic (exact) mass is 174 g/mol. The van der Waals surface area contributed by atoms with E-state index in [-0.39, 0.29) is 0 Å². The van der Waals surface area contributed by atoms with Crippen molar-refractivity contribution in [3.8, 4) is 11.8 Å². The van der Waals surface area contributed by atoms with Crippen LogP contribution in [0.5, 0.6) is 0 Å². The van der Waals surface area contributed by atoms with Crippen molar-refractivity contribution < 1.29 is 0 Å². The van der Waals surface area contributed by atoms with E-state index in [1.54, 1.807) is 0 Å². The van der Waals surface area contributed by atoms with Gasteiger partial charge >= 0.3 is 0 Å². The third-order valence-corrected chi connectivity index (χ3v) is 1.78. The molecule has 0 heteroatoms. The molecular formula is C13H18. The molecular weight excluding hydrogens is 156 g/mol. The average molecular weight is 174 g/mol. The summed E-state index contributed by atoms with van der Waals surface area (Å²) < 4.78 is 0. The molecule has 0 aliphatic heterocycles. The standard InChI is InChI=1S/C11H12.C2H6/c1-4-5-11-7-6-9(2)10(3)8-11;1-2/h6-8H,1-3H3;1-2H3. The van der Waals surface area contributed by atoms with Gasteiger partial charge in [0.25, 0.3) is 0 Å². The largest absolute Gasteiger partial charge is 0.101 e. The predicted molar refractivity (Wildman–Crippen MR) is 59.8 cm³/mol. The van der Waals surface area contributed by atoms with Crippen LogP contribution in [0.1, 0.15) is 37.5 Å². The van der Waals surface area contributed by atoms with Crippen LogP contribution in [0.2, 0.25) is 0 Å². The minimum absolute atomic E-state index is 1.11. The van der Waals surface area contributed by atoms with Gasteiger partial charge in [-0.2, -0.15) is 0 Å². The quantitative estimate of drug-likeness (QED) is 0.526. The molecule has 0 spiro atoms. The number of benzene rings is 1. The molecule has 0 heterocycles. The van der Waals surface area contributed by atoms with E-state index in [1.165, 1.54) is 11.1 Å². The Balaban J connectivity index is 0.000000671. The summed E-state index contributed by atoms with van der Waals surface area (Å²) in [5.41, 5.74) is 3.74. The maximum Gasteiger partial charge on any atom is 0.0247 e. The highest BCUT2D eigenvalue weighted by atomic mass is 14.0. The average Bonchev–Trinajstić information content (AvgIpc) is 2.15. The van der Waals surface area contributed by atoms with Crippen molar-refractivity contribution in [2.24, 2.45) is 0 Å². The van der Waals surface area contributed by atoms with Crippen LogP contribution in [0.15, 0.2) is 18.2 Å². The predicted octanol–water partition coefficient (Wildman–Crippen LogP) is 3.70. The lowest BCUT2D eigenvalue weighted by atomic mass is 10.1. The Labute approximate surface area is 82.0 Å². The highest BCUT2D eigenvalue weighted by Crippen LogP contribution is 2.08. The van der Waals surface area contributed by atoms with Gasteiger partial charge in [-0.05, 0) is 44.0 Å². The summed E-state index contributed by atoms with van der Waals surface area (Å²) >= 11 is 0. The lowest BCUT2D eigenvalue weighted by molar-refractivity contribution is 1.33. The topological polar surface area (TPSA) is 0 Å². The zero-order valence-electron chi connectivity index (χ0n) is 9.23. The van der Waals surface area contributed by atoms with Crippen LogP contribution in [-0.2, 0) is 0 Å². The smallest absolute Gasteiger partial charge is 0.0247 e. The zero-order chi connectivity index (χ0) is 10.3. The Morgan fingerprint density at radius 2 is 1.62 bits per heavy atom. The van der Waals surface area contributed by atoms with Crippen LogP contribution in [-0.4, -0.2) is 0 Å². The van der Waals surface area contributed by atoms with Crippen molar-refractivity contribution in [1.29, 1.82) is 0 Å². The number of aryl methyl sites for hydroxylation is 2. The Bertz CT molecular complexity index is 311. The van der Waals surface area contributed by atoms with Crippen LogP contribution >= 0.6 is 0 Å². The van der Waals surface area contributed by atoms with E-state index in [2.05, 4.69) is 43.9 Å². The maximum absolute atomic E-state index is 3.03. The molecule has 0 fully saturated rings. The van der Waals surface area contributed by atoms with Crippen LogP contribution in [0.25, 0.3) is 0 Å². The molecule has 0 aliphatic carbocycles. The molecule has 0 amide bonds. The molecule has 13 heavy (non-hydrogen) atoms. The molecule has 0 nitrogen and oxygen atoms in total. The van der Waals surface area contributed by atoms with Crippen LogP contribution < -0.4 is 0 Å². The normalized spacial score (nSPS) is 7.77. The van der Waals surface area contributed by atoms with Gasteiger partial charge in [0.05, 0.1) is 0 Å². The molecule has 0 atom stereocenters. The lowest BCUT2D eigenvalue weighted by Gasteiger charge is -1.98. The second kappa shape index (κ2) is 6.31. The molecule has 0 bridgehead atoms. The Hall–Kier alpha value is -1.22. The maximum atomic E-state index is 3.03. The SMILES string of the molecule is CC.CC#Cc1ccc(C)c(C)c1. The molecule has 0 radical (unpaired) electrons. The van der Waals surface area contributed by atoms with Crippen LogP contribution in [0, 0.1) is 25.7 Å². The van der Waals surface area contributed by atoms with Crippen molar-refractivity contribution in [2.45, 2.75) is 34.6 Å².